The number of carbonyl (C=O) groups is 5. The molecular weight excluding hydrogens is 700 g/mol. The van der Waals surface area contributed by atoms with Crippen LogP contribution in [-0.2, 0) is 38.8 Å². The van der Waals surface area contributed by atoms with Gasteiger partial charge in [-0.05, 0) is 80.0 Å². The summed E-state index contributed by atoms with van der Waals surface area (Å²) in [5, 5.41) is 23.9. The highest BCUT2D eigenvalue weighted by molar-refractivity contribution is 5.91. The lowest BCUT2D eigenvalue weighted by Crippen LogP contribution is -2.12. The van der Waals surface area contributed by atoms with Gasteiger partial charge in [-0.1, -0.05) is 83.1 Å². The molecule has 0 saturated carbocycles. The smallest absolute Gasteiger partial charge is 0.373 e. The van der Waals surface area contributed by atoms with Gasteiger partial charge in [-0.2, -0.15) is 9.59 Å². The highest BCUT2D eigenvalue weighted by Crippen LogP contribution is 2.24. The van der Waals surface area contributed by atoms with Gasteiger partial charge in [0, 0.05) is 19.4 Å². The van der Waals surface area contributed by atoms with Crippen LogP contribution in [0.5, 0.6) is 0 Å². The third-order valence-electron chi connectivity index (χ3n) is 6.41. The van der Waals surface area contributed by atoms with E-state index in [1.165, 1.54) is 26.9 Å². The van der Waals surface area contributed by atoms with E-state index in [0.717, 1.165) is 23.1 Å². The van der Waals surface area contributed by atoms with Crippen LogP contribution in [0, 0.1) is 20.8 Å². The average molecular weight is 759 g/mol. The molecule has 0 amide bonds. The molecule has 0 aliphatic carbocycles. The monoisotopic (exact) mass is 758 g/mol. The number of ether oxygens (including phenoxy) is 3. The Labute approximate surface area is 319 Å². The first kappa shape index (κ1) is 55.1. The van der Waals surface area contributed by atoms with Crippen molar-refractivity contribution in [1.29, 1.82) is 0 Å². The van der Waals surface area contributed by atoms with Crippen LogP contribution in [0.3, 0.4) is 0 Å². The number of aromatic carboxylic acids is 1. The molecule has 13 nitrogen and oxygen atoms in total. The number of hydrogen-bond donors (Lipinski definition) is 3. The second-order valence-corrected chi connectivity index (χ2v) is 11.7. The molecular formula is C41H58O13. The fourth-order valence-electron chi connectivity index (χ4n) is 3.50. The van der Waals surface area contributed by atoms with E-state index >= 15 is 0 Å². The maximum absolute atomic E-state index is 11.4. The number of methoxy groups -OCH3 is 3. The van der Waals surface area contributed by atoms with E-state index in [9.17, 15) is 24.0 Å². The molecule has 0 fully saturated rings. The molecule has 0 aliphatic heterocycles. The number of aryl methyl sites for hydroxylation is 3. The molecule has 3 N–H and O–H groups in total. The Kier molecular flexibility index (Phi) is 33.9. The SMILES string of the molecule is CCC(=O)O.CCCC(=O)OC.CCO.COC(=O)c1ccc(C(C)(C)C)cc1C.COC(=O)c1ccccc1C.Cc1ccccc1C(=O)O.O=C=O. The highest BCUT2D eigenvalue weighted by atomic mass is 16.5. The molecule has 0 atom stereocenters. The number of rotatable bonds is 6. The van der Waals surface area contributed by atoms with Gasteiger partial charge in [0.05, 0.1) is 38.0 Å². The minimum atomic E-state index is -0.863. The molecule has 300 valence electrons. The van der Waals surface area contributed by atoms with E-state index in [-0.39, 0.29) is 42.5 Å². The van der Waals surface area contributed by atoms with E-state index < -0.39 is 11.9 Å². The minimum Gasteiger partial charge on any atom is -0.481 e. The second-order valence-electron chi connectivity index (χ2n) is 11.7. The summed E-state index contributed by atoms with van der Waals surface area (Å²) in [6, 6.07) is 20.1. The largest absolute Gasteiger partial charge is 0.481 e. The Morgan fingerprint density at radius 3 is 1.26 bits per heavy atom. The van der Waals surface area contributed by atoms with E-state index in [0.29, 0.717) is 23.1 Å². The van der Waals surface area contributed by atoms with Crippen LogP contribution in [0.15, 0.2) is 66.7 Å². The standard InChI is InChI=1S/C13H18O2.C9H10O2.C8H8O2.C5H10O2.C3H6O2.C2H6O.CO2/c1-9-8-10(13(2,3)4)6-7-11(9)12(14)15-5;1-7-5-3-4-6-8(7)9(10)11-2;1-6-4-2-3-5-7(6)8(9)10;1-3-4-5(6)7-2;1-2-3(4)5;1-2-3;2-1-3/h6-8H,1-5H3;3-6H,1-2H3;2-5H,1H3,(H,9,10);3-4H2,1-2H3;2H2,1H3,(H,4,5);3H,2H2,1H3;. The molecule has 3 aromatic rings. The van der Waals surface area contributed by atoms with Crippen LogP contribution < -0.4 is 0 Å². The lowest BCUT2D eigenvalue weighted by atomic mass is 9.85. The molecule has 0 aromatic heterocycles. The number of esters is 3. The van der Waals surface area contributed by atoms with Crippen molar-refractivity contribution in [2.75, 3.05) is 27.9 Å². The van der Waals surface area contributed by atoms with Crippen LogP contribution in [0.2, 0.25) is 0 Å². The van der Waals surface area contributed by atoms with Crippen molar-refractivity contribution >= 4 is 36.0 Å². The number of aliphatic hydroxyl groups excluding tert-OH is 1. The molecule has 3 aromatic carbocycles. The summed E-state index contributed by atoms with van der Waals surface area (Å²) in [5.41, 5.74) is 5.71. The molecule has 0 heterocycles. The van der Waals surface area contributed by atoms with Crippen molar-refractivity contribution in [2.45, 2.75) is 87.0 Å². The Hall–Kier alpha value is -5.65. The van der Waals surface area contributed by atoms with E-state index in [1.807, 2.05) is 63.2 Å². The Bertz CT molecular complexity index is 1570. The van der Waals surface area contributed by atoms with Gasteiger partial charge < -0.3 is 29.5 Å². The normalized spacial score (nSPS) is 8.98. The second kappa shape index (κ2) is 33.2. The molecule has 0 bridgehead atoms. The van der Waals surface area contributed by atoms with Crippen molar-refractivity contribution in [3.05, 3.63) is 106 Å². The van der Waals surface area contributed by atoms with E-state index in [4.69, 9.17) is 29.6 Å². The van der Waals surface area contributed by atoms with Crippen molar-refractivity contribution in [1.82, 2.24) is 0 Å². The lowest BCUT2D eigenvalue weighted by molar-refractivity contribution is -0.191. The molecule has 0 spiro atoms. The fraction of sp³-hybridized carbons (Fsp3) is 0.415. The summed E-state index contributed by atoms with van der Waals surface area (Å²) >= 11 is 0. The number of aliphatic hydroxyl groups is 1. The zero-order valence-electron chi connectivity index (χ0n) is 33.6. The van der Waals surface area contributed by atoms with Gasteiger partial charge in [0.2, 0.25) is 0 Å². The number of aliphatic carboxylic acids is 1. The third-order valence-corrected chi connectivity index (χ3v) is 6.41. The van der Waals surface area contributed by atoms with Crippen LogP contribution >= 0.6 is 0 Å². The van der Waals surface area contributed by atoms with Gasteiger partial charge in [-0.3, -0.25) is 9.59 Å². The average Bonchev–Trinajstić information content (AvgIpc) is 3.12. The minimum absolute atomic E-state index is 0.111. The molecule has 0 saturated heterocycles. The summed E-state index contributed by atoms with van der Waals surface area (Å²) < 4.78 is 13.6. The van der Waals surface area contributed by atoms with Crippen LogP contribution in [0.25, 0.3) is 0 Å². The Morgan fingerprint density at radius 2 is 1.02 bits per heavy atom. The third kappa shape index (κ3) is 28.0. The predicted octanol–water partition coefficient (Wildman–Crippen LogP) is 7.41. The lowest BCUT2D eigenvalue weighted by Gasteiger charge is -2.20. The number of hydrogen-bond acceptors (Lipinski definition) is 11. The van der Waals surface area contributed by atoms with Gasteiger partial charge in [-0.25, -0.2) is 14.4 Å². The summed E-state index contributed by atoms with van der Waals surface area (Å²) in [4.78, 5) is 68.6. The van der Waals surface area contributed by atoms with Crippen molar-refractivity contribution in [2.24, 2.45) is 0 Å². The zero-order chi connectivity index (χ0) is 42.9. The first-order valence-electron chi connectivity index (χ1n) is 16.8. The van der Waals surface area contributed by atoms with E-state index in [1.54, 1.807) is 45.0 Å². The molecule has 0 radical (unpaired) electrons. The van der Waals surface area contributed by atoms with Crippen molar-refractivity contribution in [3.63, 3.8) is 0 Å². The number of carboxylic acid groups (broad SMARTS) is 2. The quantitative estimate of drug-likeness (QED) is 0.165. The number of carboxylic acids is 2. The molecule has 54 heavy (non-hydrogen) atoms. The first-order chi connectivity index (χ1) is 25.2. The predicted molar refractivity (Wildman–Crippen MR) is 204 cm³/mol. The van der Waals surface area contributed by atoms with Gasteiger partial charge >= 0.3 is 36.0 Å². The maximum Gasteiger partial charge on any atom is 0.373 e. The van der Waals surface area contributed by atoms with Crippen molar-refractivity contribution in [3.8, 4) is 0 Å². The zero-order valence-corrected chi connectivity index (χ0v) is 33.6. The first-order valence-corrected chi connectivity index (χ1v) is 16.8. The topological polar surface area (TPSA) is 208 Å². The summed E-state index contributed by atoms with van der Waals surface area (Å²) in [6.45, 7) is 17.5. The van der Waals surface area contributed by atoms with Crippen LogP contribution in [0.1, 0.15) is 114 Å². The molecule has 0 aliphatic rings. The Morgan fingerprint density at radius 1 is 0.648 bits per heavy atom. The van der Waals surface area contributed by atoms with Gasteiger partial charge in [0.25, 0.3) is 0 Å². The number of benzene rings is 3. The van der Waals surface area contributed by atoms with Gasteiger partial charge in [-0.15, -0.1) is 0 Å². The summed E-state index contributed by atoms with van der Waals surface area (Å²) in [7, 11) is 4.19. The molecule has 13 heteroatoms. The maximum atomic E-state index is 11.4. The van der Waals surface area contributed by atoms with Gasteiger partial charge in [0.15, 0.2) is 0 Å². The van der Waals surface area contributed by atoms with Crippen LogP contribution in [-0.4, -0.2) is 79.3 Å². The van der Waals surface area contributed by atoms with Gasteiger partial charge in [0.1, 0.15) is 0 Å². The molecule has 0 unspecified atom stereocenters. The Balaban J connectivity index is -0.000000289. The summed E-state index contributed by atoms with van der Waals surface area (Å²) in [6.07, 6.45) is 1.88. The van der Waals surface area contributed by atoms with Crippen molar-refractivity contribution < 1.29 is 63.1 Å². The highest BCUT2D eigenvalue weighted by Gasteiger charge is 2.16. The van der Waals surface area contributed by atoms with E-state index in [2.05, 4.69) is 30.2 Å². The summed E-state index contributed by atoms with van der Waals surface area (Å²) in [5.74, 6) is -2.28. The fourth-order valence-corrected chi connectivity index (χ4v) is 3.50. The number of carbonyl (C=O) groups excluding carboxylic acids is 5. The molecule has 3 rings (SSSR count). The van der Waals surface area contributed by atoms with Crippen LogP contribution in [0.4, 0.5) is 0 Å².